The molecule has 0 fully saturated rings. The summed E-state index contributed by atoms with van der Waals surface area (Å²) in [5.41, 5.74) is 4.93. The van der Waals surface area contributed by atoms with E-state index in [4.69, 9.17) is 17.3 Å². The normalized spacial score (nSPS) is 9.44. The first-order valence-corrected chi connectivity index (χ1v) is 2.72. The minimum absolute atomic E-state index is 0.0687. The van der Waals surface area contributed by atoms with Gasteiger partial charge in [-0.25, -0.2) is 0 Å². The summed E-state index contributed by atoms with van der Waals surface area (Å²) in [6.45, 7) is 0. The Balaban J connectivity index is 3.43. The van der Waals surface area contributed by atoms with Crippen molar-refractivity contribution in [2.45, 2.75) is 0 Å². The SMILES string of the molecule is Nc1c(Cl)cc[nH]c1=O. The molecule has 0 bridgehead atoms. The van der Waals surface area contributed by atoms with Crippen LogP contribution in [0.25, 0.3) is 0 Å². The van der Waals surface area contributed by atoms with Gasteiger partial charge < -0.3 is 10.7 Å². The van der Waals surface area contributed by atoms with Gasteiger partial charge in [0.15, 0.2) is 0 Å². The van der Waals surface area contributed by atoms with E-state index in [0.717, 1.165) is 0 Å². The Labute approximate surface area is 56.5 Å². The first kappa shape index (κ1) is 6.16. The molecule has 3 nitrogen and oxygen atoms in total. The summed E-state index contributed by atoms with van der Waals surface area (Å²) in [5, 5.41) is 0.291. The number of nitrogens with two attached hydrogens (primary N) is 1. The van der Waals surface area contributed by atoms with Gasteiger partial charge in [0.1, 0.15) is 5.69 Å². The van der Waals surface area contributed by atoms with Crippen LogP contribution in [0.2, 0.25) is 5.02 Å². The van der Waals surface area contributed by atoms with Crippen molar-refractivity contribution in [1.82, 2.24) is 4.98 Å². The number of rotatable bonds is 0. The van der Waals surface area contributed by atoms with Gasteiger partial charge in [-0.15, -0.1) is 0 Å². The lowest BCUT2D eigenvalue weighted by atomic mass is 10.4. The zero-order valence-corrected chi connectivity index (χ0v) is 5.27. The number of nitrogen functional groups attached to an aromatic ring is 1. The lowest BCUT2D eigenvalue weighted by Gasteiger charge is -1.91. The second kappa shape index (κ2) is 2.11. The number of pyridine rings is 1. The number of aromatic amines is 1. The number of halogens is 1. The topological polar surface area (TPSA) is 58.9 Å². The largest absolute Gasteiger partial charge is 0.393 e. The quantitative estimate of drug-likeness (QED) is 0.561. The number of aromatic nitrogens is 1. The Morgan fingerprint density at radius 2 is 2.33 bits per heavy atom. The molecule has 0 aliphatic heterocycles. The fraction of sp³-hybridized carbons (Fsp3) is 0. The highest BCUT2D eigenvalue weighted by molar-refractivity contribution is 6.32. The molecule has 0 amide bonds. The molecule has 9 heavy (non-hydrogen) atoms. The van der Waals surface area contributed by atoms with Gasteiger partial charge in [-0.05, 0) is 6.07 Å². The van der Waals surface area contributed by atoms with Gasteiger partial charge in [0.05, 0.1) is 5.02 Å². The minimum Gasteiger partial charge on any atom is -0.393 e. The molecule has 0 radical (unpaired) electrons. The number of hydrogen-bond donors (Lipinski definition) is 2. The maximum Gasteiger partial charge on any atom is 0.272 e. The highest BCUT2D eigenvalue weighted by Crippen LogP contribution is 2.09. The third-order valence-electron chi connectivity index (χ3n) is 0.946. The van der Waals surface area contributed by atoms with Crippen molar-refractivity contribution in [2.75, 3.05) is 5.73 Å². The van der Waals surface area contributed by atoms with Gasteiger partial charge in [0.2, 0.25) is 0 Å². The summed E-state index contributed by atoms with van der Waals surface area (Å²) in [6.07, 6.45) is 1.45. The third kappa shape index (κ3) is 1.05. The second-order valence-corrected chi connectivity index (χ2v) is 1.98. The molecule has 0 unspecified atom stereocenters. The van der Waals surface area contributed by atoms with Crippen molar-refractivity contribution in [3.05, 3.63) is 27.6 Å². The molecule has 0 saturated carbocycles. The molecule has 48 valence electrons. The van der Waals surface area contributed by atoms with Gasteiger partial charge in [0, 0.05) is 6.20 Å². The molecule has 3 N–H and O–H groups in total. The minimum atomic E-state index is -0.345. The Hall–Kier alpha value is -0.960. The van der Waals surface area contributed by atoms with Gasteiger partial charge >= 0.3 is 0 Å². The average molecular weight is 145 g/mol. The Morgan fingerprint density at radius 3 is 2.78 bits per heavy atom. The molecule has 0 aliphatic carbocycles. The molecule has 1 heterocycles. The molecular weight excluding hydrogens is 140 g/mol. The number of H-pyrrole nitrogens is 1. The Bertz CT molecular complexity index is 268. The van der Waals surface area contributed by atoms with Crippen molar-refractivity contribution >= 4 is 17.3 Å². The predicted octanol–water partition coefficient (Wildman–Crippen LogP) is 0.611. The standard InChI is InChI=1S/C5H5ClN2O/c6-3-1-2-8-5(9)4(3)7/h1-2H,7H2,(H,8,9). The van der Waals surface area contributed by atoms with Crippen LogP contribution in [0.5, 0.6) is 0 Å². The summed E-state index contributed by atoms with van der Waals surface area (Å²) in [4.78, 5) is 13.0. The van der Waals surface area contributed by atoms with Gasteiger partial charge in [0.25, 0.3) is 5.56 Å². The van der Waals surface area contributed by atoms with Crippen molar-refractivity contribution in [3.8, 4) is 0 Å². The van der Waals surface area contributed by atoms with E-state index in [9.17, 15) is 4.79 Å². The monoisotopic (exact) mass is 144 g/mol. The summed E-state index contributed by atoms with van der Waals surface area (Å²) in [7, 11) is 0. The summed E-state index contributed by atoms with van der Waals surface area (Å²) in [5.74, 6) is 0. The van der Waals surface area contributed by atoms with Gasteiger partial charge in [-0.2, -0.15) is 0 Å². The van der Waals surface area contributed by atoms with E-state index < -0.39 is 0 Å². The zero-order chi connectivity index (χ0) is 6.85. The highest BCUT2D eigenvalue weighted by atomic mass is 35.5. The molecule has 0 atom stereocenters. The zero-order valence-electron chi connectivity index (χ0n) is 4.52. The molecule has 0 aliphatic rings. The van der Waals surface area contributed by atoms with Crippen LogP contribution >= 0.6 is 11.6 Å². The number of anilines is 1. The second-order valence-electron chi connectivity index (χ2n) is 1.57. The van der Waals surface area contributed by atoms with E-state index in [1.54, 1.807) is 0 Å². The van der Waals surface area contributed by atoms with Crippen LogP contribution < -0.4 is 11.3 Å². The van der Waals surface area contributed by atoms with E-state index >= 15 is 0 Å². The maximum absolute atomic E-state index is 10.6. The summed E-state index contributed by atoms with van der Waals surface area (Å²) >= 11 is 5.47. The van der Waals surface area contributed by atoms with E-state index in [2.05, 4.69) is 4.98 Å². The smallest absolute Gasteiger partial charge is 0.272 e. The van der Waals surface area contributed by atoms with Gasteiger partial charge in [-0.3, -0.25) is 4.79 Å². The van der Waals surface area contributed by atoms with Crippen molar-refractivity contribution in [3.63, 3.8) is 0 Å². The van der Waals surface area contributed by atoms with Crippen LogP contribution in [0.15, 0.2) is 17.1 Å². The van der Waals surface area contributed by atoms with Crippen molar-refractivity contribution in [1.29, 1.82) is 0 Å². The average Bonchev–Trinajstić information content (AvgIpc) is 1.83. The van der Waals surface area contributed by atoms with Crippen LogP contribution in [-0.2, 0) is 0 Å². The third-order valence-corrected chi connectivity index (χ3v) is 1.28. The maximum atomic E-state index is 10.6. The van der Waals surface area contributed by atoms with Gasteiger partial charge in [-0.1, -0.05) is 11.6 Å². The first-order chi connectivity index (χ1) is 4.22. The molecule has 1 aromatic rings. The summed E-state index contributed by atoms with van der Waals surface area (Å²) in [6, 6.07) is 1.53. The fourth-order valence-electron chi connectivity index (χ4n) is 0.467. The van der Waals surface area contributed by atoms with Crippen LogP contribution in [0.3, 0.4) is 0 Å². The van der Waals surface area contributed by atoms with Crippen LogP contribution in [0.1, 0.15) is 0 Å². The summed E-state index contributed by atoms with van der Waals surface area (Å²) < 4.78 is 0. The molecular formula is C5H5ClN2O. The van der Waals surface area contributed by atoms with E-state index in [0.29, 0.717) is 5.02 Å². The van der Waals surface area contributed by atoms with Crippen molar-refractivity contribution < 1.29 is 0 Å². The first-order valence-electron chi connectivity index (χ1n) is 2.34. The molecule has 1 aromatic heterocycles. The predicted molar refractivity (Wildman–Crippen MR) is 36.5 cm³/mol. The van der Waals surface area contributed by atoms with Crippen LogP contribution in [0, 0.1) is 0 Å². The van der Waals surface area contributed by atoms with Crippen LogP contribution in [-0.4, -0.2) is 4.98 Å². The Morgan fingerprint density at radius 1 is 1.67 bits per heavy atom. The van der Waals surface area contributed by atoms with Crippen LogP contribution in [0.4, 0.5) is 5.69 Å². The number of nitrogens with one attached hydrogen (secondary N) is 1. The Kier molecular flexibility index (Phi) is 1.44. The molecule has 0 spiro atoms. The fourth-order valence-corrected chi connectivity index (χ4v) is 0.615. The van der Waals surface area contributed by atoms with Crippen molar-refractivity contribution in [2.24, 2.45) is 0 Å². The molecule has 0 aromatic carbocycles. The molecule has 1 rings (SSSR count). The lowest BCUT2D eigenvalue weighted by molar-refractivity contribution is 1.24. The highest BCUT2D eigenvalue weighted by Gasteiger charge is 1.95. The van der Waals surface area contributed by atoms with E-state index in [1.165, 1.54) is 12.3 Å². The van der Waals surface area contributed by atoms with E-state index in [-0.39, 0.29) is 11.2 Å². The number of hydrogen-bond acceptors (Lipinski definition) is 2. The molecule has 0 saturated heterocycles. The van der Waals surface area contributed by atoms with E-state index in [1.807, 2.05) is 0 Å². The molecule has 4 heteroatoms. The lowest BCUT2D eigenvalue weighted by Crippen LogP contribution is -2.10.